The summed E-state index contributed by atoms with van der Waals surface area (Å²) in [7, 11) is 0. The summed E-state index contributed by atoms with van der Waals surface area (Å²) in [6.45, 7) is 2.67. The van der Waals surface area contributed by atoms with Gasteiger partial charge in [-0.1, -0.05) is 5.21 Å². The molecule has 0 atom stereocenters. The van der Waals surface area contributed by atoms with Gasteiger partial charge >= 0.3 is 5.97 Å². The molecular weight excluding hydrogens is 264 g/mol. The minimum absolute atomic E-state index is 0.0607. The molecule has 2 aromatic rings. The third kappa shape index (κ3) is 3.22. The predicted octanol–water partition coefficient (Wildman–Crippen LogP) is 0.618. The van der Waals surface area contributed by atoms with Crippen molar-refractivity contribution >= 4 is 11.9 Å². The monoisotopic (exact) mass is 278 g/mol. The second-order valence-electron chi connectivity index (χ2n) is 4.09. The van der Waals surface area contributed by atoms with Crippen molar-refractivity contribution in [3.8, 4) is 0 Å². The fourth-order valence-corrected chi connectivity index (χ4v) is 1.68. The van der Waals surface area contributed by atoms with E-state index < -0.39 is 5.97 Å². The Bertz CT molecular complexity index is 590. The lowest BCUT2D eigenvalue weighted by atomic mass is 10.3. The minimum atomic E-state index is -1.17. The van der Waals surface area contributed by atoms with Crippen LogP contribution in [-0.2, 0) is 17.9 Å². The zero-order valence-electron chi connectivity index (χ0n) is 10.9. The molecule has 0 unspecified atom stereocenters. The maximum absolute atomic E-state index is 12.1. The molecule has 1 N–H and O–H groups in total. The van der Waals surface area contributed by atoms with Crippen LogP contribution in [0.15, 0.2) is 29.0 Å². The summed E-state index contributed by atoms with van der Waals surface area (Å²) in [6.07, 6.45) is 2.77. The number of aromatic nitrogens is 3. The van der Waals surface area contributed by atoms with E-state index in [0.717, 1.165) is 0 Å². The third-order valence-electron chi connectivity index (χ3n) is 2.72. The van der Waals surface area contributed by atoms with E-state index >= 15 is 0 Å². The number of carboxylic acids is 1. The largest absolute Gasteiger partial charge is 0.476 e. The third-order valence-corrected chi connectivity index (χ3v) is 2.72. The van der Waals surface area contributed by atoms with Crippen LogP contribution in [0, 0.1) is 0 Å². The molecule has 0 spiro atoms. The molecule has 0 aliphatic carbocycles. The lowest BCUT2D eigenvalue weighted by molar-refractivity contribution is -0.132. The second-order valence-corrected chi connectivity index (χ2v) is 4.09. The van der Waals surface area contributed by atoms with Gasteiger partial charge in [0, 0.05) is 6.54 Å². The van der Waals surface area contributed by atoms with Crippen molar-refractivity contribution in [2.75, 3.05) is 6.54 Å². The Balaban J connectivity index is 1.99. The highest BCUT2D eigenvalue weighted by Crippen LogP contribution is 2.06. The van der Waals surface area contributed by atoms with Crippen molar-refractivity contribution in [1.29, 1.82) is 0 Å². The first-order chi connectivity index (χ1) is 9.60. The molecule has 2 aromatic heterocycles. The first-order valence-electron chi connectivity index (χ1n) is 6.03. The van der Waals surface area contributed by atoms with Crippen molar-refractivity contribution in [2.24, 2.45) is 0 Å². The Hall–Kier alpha value is -2.64. The van der Waals surface area contributed by atoms with Crippen LogP contribution < -0.4 is 0 Å². The van der Waals surface area contributed by atoms with Gasteiger partial charge in [-0.15, -0.1) is 5.10 Å². The maximum Gasteiger partial charge on any atom is 0.358 e. The average Bonchev–Trinajstić information content (AvgIpc) is 3.06. The number of carboxylic acid groups (broad SMARTS) is 1. The summed E-state index contributed by atoms with van der Waals surface area (Å²) in [5.41, 5.74) is -0.188. The fourth-order valence-electron chi connectivity index (χ4n) is 1.68. The van der Waals surface area contributed by atoms with Gasteiger partial charge in [0.15, 0.2) is 5.69 Å². The summed E-state index contributed by atoms with van der Waals surface area (Å²) in [5, 5.41) is 15.8. The van der Waals surface area contributed by atoms with Gasteiger partial charge < -0.3 is 14.4 Å². The summed E-state index contributed by atoms with van der Waals surface area (Å²) in [5.74, 6) is -0.678. The minimum Gasteiger partial charge on any atom is -0.476 e. The van der Waals surface area contributed by atoms with E-state index in [-0.39, 0.29) is 18.1 Å². The summed E-state index contributed by atoms with van der Waals surface area (Å²) >= 11 is 0. The van der Waals surface area contributed by atoms with Crippen molar-refractivity contribution in [2.45, 2.75) is 20.0 Å². The molecular formula is C12H14N4O4. The molecule has 0 radical (unpaired) electrons. The van der Waals surface area contributed by atoms with Gasteiger partial charge in [-0.3, -0.25) is 4.79 Å². The molecule has 106 valence electrons. The summed E-state index contributed by atoms with van der Waals surface area (Å²) in [6, 6.07) is 3.54. The molecule has 0 aromatic carbocycles. The Kier molecular flexibility index (Phi) is 4.14. The van der Waals surface area contributed by atoms with Crippen LogP contribution in [-0.4, -0.2) is 43.4 Å². The first kappa shape index (κ1) is 13.8. The van der Waals surface area contributed by atoms with Gasteiger partial charge in [0.05, 0.1) is 19.0 Å². The van der Waals surface area contributed by atoms with E-state index in [4.69, 9.17) is 9.52 Å². The maximum atomic E-state index is 12.1. The van der Waals surface area contributed by atoms with Gasteiger partial charge in [0.25, 0.3) is 0 Å². The van der Waals surface area contributed by atoms with E-state index in [1.807, 2.05) is 6.92 Å². The van der Waals surface area contributed by atoms with Crippen LogP contribution in [0.4, 0.5) is 0 Å². The van der Waals surface area contributed by atoms with Gasteiger partial charge in [-0.2, -0.15) is 0 Å². The van der Waals surface area contributed by atoms with Gasteiger partial charge in [0.1, 0.15) is 12.3 Å². The number of aromatic carboxylic acids is 1. The molecule has 0 aliphatic heterocycles. The number of nitrogens with zero attached hydrogens (tertiary/aromatic N) is 4. The van der Waals surface area contributed by atoms with Crippen LogP contribution >= 0.6 is 0 Å². The Morgan fingerprint density at radius 1 is 1.50 bits per heavy atom. The smallest absolute Gasteiger partial charge is 0.358 e. The molecule has 20 heavy (non-hydrogen) atoms. The second kappa shape index (κ2) is 6.00. The molecule has 8 nitrogen and oxygen atoms in total. The molecule has 2 rings (SSSR count). The van der Waals surface area contributed by atoms with E-state index in [2.05, 4.69) is 10.3 Å². The zero-order chi connectivity index (χ0) is 14.5. The number of carbonyl (C=O) groups is 2. The van der Waals surface area contributed by atoms with Crippen molar-refractivity contribution < 1.29 is 19.1 Å². The van der Waals surface area contributed by atoms with E-state index in [0.29, 0.717) is 18.8 Å². The van der Waals surface area contributed by atoms with Crippen molar-refractivity contribution in [3.63, 3.8) is 0 Å². The van der Waals surface area contributed by atoms with E-state index in [1.165, 1.54) is 10.9 Å². The Morgan fingerprint density at radius 2 is 2.30 bits per heavy atom. The molecule has 0 fully saturated rings. The van der Waals surface area contributed by atoms with Crippen LogP contribution in [0.25, 0.3) is 0 Å². The highest BCUT2D eigenvalue weighted by molar-refractivity contribution is 5.84. The van der Waals surface area contributed by atoms with Crippen molar-refractivity contribution in [3.05, 3.63) is 36.0 Å². The number of hydrogen-bond acceptors (Lipinski definition) is 5. The van der Waals surface area contributed by atoms with Crippen molar-refractivity contribution in [1.82, 2.24) is 19.9 Å². The zero-order valence-corrected chi connectivity index (χ0v) is 10.9. The first-order valence-corrected chi connectivity index (χ1v) is 6.03. The molecule has 0 saturated heterocycles. The van der Waals surface area contributed by atoms with Crippen LogP contribution in [0.2, 0.25) is 0 Å². The standard InChI is InChI=1S/C12H14N4O4/c1-2-15(6-9-4-3-5-20-9)11(17)8-16-7-10(12(18)19)13-14-16/h3-5,7H,2,6,8H2,1H3,(H,18,19). The Labute approximate surface area is 114 Å². The van der Waals surface area contributed by atoms with Gasteiger partial charge in [-0.25, -0.2) is 9.48 Å². The molecule has 1 amide bonds. The van der Waals surface area contributed by atoms with Crippen LogP contribution in [0.1, 0.15) is 23.2 Å². The lowest BCUT2D eigenvalue weighted by Gasteiger charge is -2.19. The summed E-state index contributed by atoms with van der Waals surface area (Å²) < 4.78 is 6.40. The van der Waals surface area contributed by atoms with Gasteiger partial charge in [0.2, 0.25) is 5.91 Å². The summed E-state index contributed by atoms with van der Waals surface area (Å²) in [4.78, 5) is 24.4. The Morgan fingerprint density at radius 3 is 2.85 bits per heavy atom. The number of furan rings is 1. The highest BCUT2D eigenvalue weighted by Gasteiger charge is 2.16. The topological polar surface area (TPSA) is 101 Å². The number of amides is 1. The van der Waals surface area contributed by atoms with Crippen LogP contribution in [0.3, 0.4) is 0 Å². The average molecular weight is 278 g/mol. The molecule has 0 saturated carbocycles. The number of carbonyl (C=O) groups excluding carboxylic acids is 1. The highest BCUT2D eigenvalue weighted by atomic mass is 16.4. The normalized spacial score (nSPS) is 10.4. The number of rotatable bonds is 6. The molecule has 8 heteroatoms. The predicted molar refractivity (Wildman–Crippen MR) is 66.8 cm³/mol. The molecule has 0 bridgehead atoms. The van der Waals surface area contributed by atoms with Crippen LogP contribution in [0.5, 0.6) is 0 Å². The fraction of sp³-hybridized carbons (Fsp3) is 0.333. The lowest BCUT2D eigenvalue weighted by Crippen LogP contribution is -2.33. The molecule has 0 aliphatic rings. The van der Waals surface area contributed by atoms with Gasteiger partial charge in [-0.05, 0) is 19.1 Å². The quantitative estimate of drug-likeness (QED) is 0.831. The number of hydrogen-bond donors (Lipinski definition) is 1. The SMILES string of the molecule is CCN(Cc1ccco1)C(=O)Cn1cc(C(=O)O)nn1. The number of likely N-dealkylation sites (N-methyl/N-ethyl adjacent to an activating group) is 1. The van der Waals surface area contributed by atoms with E-state index in [9.17, 15) is 9.59 Å². The van der Waals surface area contributed by atoms with E-state index in [1.54, 1.807) is 23.3 Å². The molecule has 2 heterocycles.